The highest BCUT2D eigenvalue weighted by atomic mass is 32.1. The van der Waals surface area contributed by atoms with Crippen molar-refractivity contribution >= 4 is 45.4 Å². The molecule has 8 atom stereocenters. The lowest BCUT2D eigenvalue weighted by Gasteiger charge is -2.57. The molecule has 5 fully saturated rings. The molecule has 43 heavy (non-hydrogen) atoms. The zero-order valence-electron chi connectivity index (χ0n) is 23.7. The molecule has 2 saturated carbocycles. The molecule has 2 amide bonds. The lowest BCUT2D eigenvalue weighted by molar-refractivity contribution is -0.195. The Morgan fingerprint density at radius 3 is 2.67 bits per heavy atom. The third-order valence-corrected chi connectivity index (χ3v) is 10.6. The number of piperidine rings is 1. The van der Waals surface area contributed by atoms with Gasteiger partial charge in [-0.1, -0.05) is 26.0 Å². The van der Waals surface area contributed by atoms with Crippen molar-refractivity contribution in [2.45, 2.75) is 56.8 Å². The summed E-state index contributed by atoms with van der Waals surface area (Å²) in [5.41, 5.74) is -0.365. The van der Waals surface area contributed by atoms with Crippen LogP contribution in [0.3, 0.4) is 0 Å². The molecule has 12 heteroatoms. The third-order valence-electron chi connectivity index (χ3n) is 9.67. The number of hydrogen-bond acceptors (Lipinski definition) is 10. The Labute approximate surface area is 250 Å². The average Bonchev–Trinajstić information content (AvgIpc) is 3.41. The van der Waals surface area contributed by atoms with Gasteiger partial charge in [0.05, 0.1) is 12.6 Å². The van der Waals surface area contributed by atoms with Gasteiger partial charge in [-0.15, -0.1) is 11.3 Å². The van der Waals surface area contributed by atoms with Crippen LogP contribution in [0, 0.1) is 17.3 Å². The van der Waals surface area contributed by atoms with Gasteiger partial charge < -0.3 is 23.8 Å². The number of thiophene rings is 1. The number of cyclic esters (lactones) is 1. The van der Waals surface area contributed by atoms with Crippen LogP contribution in [0.1, 0.15) is 44.0 Å². The molecular weight excluding hydrogens is 574 g/mol. The fourth-order valence-electron chi connectivity index (χ4n) is 7.88. The normalized spacial score (nSPS) is 34.5. The number of esters is 2. The Bertz CT molecular complexity index is 1690. The number of fused-ring (bicyclic) bond motifs is 2. The van der Waals surface area contributed by atoms with Crippen molar-refractivity contribution in [3.8, 4) is 0 Å². The second-order valence-electron chi connectivity index (χ2n) is 12.1. The zero-order chi connectivity index (χ0) is 29.8. The van der Waals surface area contributed by atoms with Crippen LogP contribution in [0.2, 0.25) is 0 Å². The van der Waals surface area contributed by atoms with E-state index < -0.39 is 59.5 Å². The summed E-state index contributed by atoms with van der Waals surface area (Å²) in [6.45, 7) is 5.30. The van der Waals surface area contributed by atoms with Gasteiger partial charge in [0.15, 0.2) is 12.4 Å². The van der Waals surface area contributed by atoms with Gasteiger partial charge in [0.25, 0.3) is 0 Å². The molecule has 5 aliphatic rings. The Morgan fingerprint density at radius 2 is 1.98 bits per heavy atom. The summed E-state index contributed by atoms with van der Waals surface area (Å²) >= 11 is 1.63. The minimum Gasteiger partial charge on any atom is -0.447 e. The largest absolute Gasteiger partial charge is 0.447 e. The van der Waals surface area contributed by atoms with Crippen molar-refractivity contribution in [2.75, 3.05) is 13.2 Å². The SMILES string of the molecule is CC1OC[C@H](C(=O)OC(=O)C(C(C)C)N2C(=O)[C@@]34C(c5ccccn5)[C@H]3[C@]24N2C(=O)OC[C@@H]2c2ccc3sccc3c2)O1. The van der Waals surface area contributed by atoms with E-state index in [0.717, 1.165) is 21.3 Å². The van der Waals surface area contributed by atoms with Gasteiger partial charge in [0, 0.05) is 28.4 Å². The van der Waals surface area contributed by atoms with E-state index in [1.54, 1.807) is 43.2 Å². The first kappa shape index (κ1) is 26.7. The summed E-state index contributed by atoms with van der Waals surface area (Å²) in [6.07, 6.45) is -0.490. The third kappa shape index (κ3) is 3.34. The van der Waals surface area contributed by atoms with E-state index in [0.29, 0.717) is 0 Å². The van der Waals surface area contributed by atoms with Crippen molar-refractivity contribution in [3.63, 3.8) is 0 Å². The predicted molar refractivity (Wildman–Crippen MR) is 150 cm³/mol. The molecule has 3 aliphatic heterocycles. The number of carbonyl (C=O) groups excluding carboxylic acids is 4. The maximum atomic E-state index is 14.2. The van der Waals surface area contributed by atoms with Crippen LogP contribution in [0.15, 0.2) is 54.0 Å². The smallest absolute Gasteiger partial charge is 0.412 e. The maximum Gasteiger partial charge on any atom is 0.412 e. The van der Waals surface area contributed by atoms with E-state index in [-0.39, 0.29) is 31.0 Å². The minimum absolute atomic E-state index is 0.0288. The van der Waals surface area contributed by atoms with Crippen LogP contribution in [-0.4, -0.2) is 76.0 Å². The van der Waals surface area contributed by atoms with Crippen LogP contribution in [0.25, 0.3) is 10.1 Å². The van der Waals surface area contributed by atoms with Crippen molar-refractivity contribution in [2.24, 2.45) is 17.3 Å². The summed E-state index contributed by atoms with van der Waals surface area (Å²) in [4.78, 5) is 61.9. The Morgan fingerprint density at radius 1 is 1.14 bits per heavy atom. The van der Waals surface area contributed by atoms with E-state index in [9.17, 15) is 19.2 Å². The molecule has 5 heterocycles. The number of pyridine rings is 1. The number of amides is 2. The lowest BCUT2D eigenvalue weighted by Crippen LogP contribution is -2.76. The van der Waals surface area contributed by atoms with E-state index >= 15 is 0 Å². The number of ether oxygens (including phenoxy) is 4. The second kappa shape index (κ2) is 9.07. The molecule has 1 spiro atoms. The fourth-order valence-corrected chi connectivity index (χ4v) is 8.65. The quantitative estimate of drug-likeness (QED) is 0.226. The van der Waals surface area contributed by atoms with Gasteiger partial charge in [-0.25, -0.2) is 14.4 Å². The van der Waals surface area contributed by atoms with Crippen molar-refractivity contribution in [1.29, 1.82) is 0 Å². The molecule has 0 radical (unpaired) electrons. The van der Waals surface area contributed by atoms with Crippen LogP contribution in [0.4, 0.5) is 4.79 Å². The maximum absolute atomic E-state index is 14.2. The number of β-lactam (4-membered cyclic amide) rings is 1. The van der Waals surface area contributed by atoms with Crippen molar-refractivity contribution < 1.29 is 38.1 Å². The van der Waals surface area contributed by atoms with Gasteiger partial charge in [-0.3, -0.25) is 14.7 Å². The van der Waals surface area contributed by atoms with Crippen LogP contribution >= 0.6 is 11.3 Å². The highest BCUT2D eigenvalue weighted by Crippen LogP contribution is 2.98. The fraction of sp³-hybridized carbons (Fsp3) is 0.452. The Kier molecular flexibility index (Phi) is 5.64. The van der Waals surface area contributed by atoms with Crippen LogP contribution < -0.4 is 0 Å². The first-order chi connectivity index (χ1) is 20.7. The minimum atomic E-state index is -1.12. The molecule has 0 bridgehead atoms. The van der Waals surface area contributed by atoms with Gasteiger partial charge in [-0.2, -0.15) is 0 Å². The first-order valence-corrected chi connectivity index (χ1v) is 15.3. The van der Waals surface area contributed by atoms with Crippen molar-refractivity contribution in [3.05, 3.63) is 65.3 Å². The molecule has 8 rings (SSSR count). The number of aromatic nitrogens is 1. The summed E-state index contributed by atoms with van der Waals surface area (Å²) in [5.74, 6) is -2.89. The highest BCUT2D eigenvalue weighted by Gasteiger charge is 3.11. The summed E-state index contributed by atoms with van der Waals surface area (Å²) < 4.78 is 22.7. The molecule has 0 N–H and O–H groups in total. The molecule has 1 aromatic carbocycles. The second-order valence-corrected chi connectivity index (χ2v) is 13.1. The summed E-state index contributed by atoms with van der Waals surface area (Å²) in [6, 6.07) is 12.0. The van der Waals surface area contributed by atoms with Crippen LogP contribution in [-0.2, 0) is 33.3 Å². The Balaban J connectivity index is 1.17. The first-order valence-electron chi connectivity index (χ1n) is 14.4. The van der Waals surface area contributed by atoms with Gasteiger partial charge in [0.2, 0.25) is 5.91 Å². The number of nitrogens with zero attached hydrogens (tertiary/aromatic N) is 3. The topological polar surface area (TPSA) is 125 Å². The molecule has 2 aromatic heterocycles. The molecule has 3 unspecified atom stereocenters. The van der Waals surface area contributed by atoms with E-state index in [4.69, 9.17) is 18.9 Å². The predicted octanol–water partition coefficient (Wildman–Crippen LogP) is 3.60. The number of hydrogen-bond donors (Lipinski definition) is 0. The molecule has 222 valence electrons. The average molecular weight is 604 g/mol. The number of rotatable bonds is 7. The van der Waals surface area contributed by atoms with Crippen LogP contribution in [0.5, 0.6) is 0 Å². The van der Waals surface area contributed by atoms with E-state index in [1.807, 2.05) is 47.8 Å². The van der Waals surface area contributed by atoms with E-state index in [2.05, 4.69) is 4.98 Å². The van der Waals surface area contributed by atoms with Gasteiger partial charge >= 0.3 is 18.0 Å². The number of carbonyl (C=O) groups is 4. The summed E-state index contributed by atoms with van der Waals surface area (Å²) in [7, 11) is 0. The van der Waals surface area contributed by atoms with E-state index in [1.165, 1.54) is 4.90 Å². The summed E-state index contributed by atoms with van der Waals surface area (Å²) in [5, 5.41) is 3.07. The van der Waals surface area contributed by atoms with Gasteiger partial charge in [-0.05, 0) is 59.5 Å². The molecule has 3 aromatic rings. The van der Waals surface area contributed by atoms with Crippen molar-refractivity contribution in [1.82, 2.24) is 14.8 Å². The molecule has 2 aliphatic carbocycles. The number of likely N-dealkylation sites (tertiary alicyclic amines) is 1. The number of benzene rings is 1. The molecule has 3 saturated heterocycles. The highest BCUT2D eigenvalue weighted by molar-refractivity contribution is 7.17. The van der Waals surface area contributed by atoms with Gasteiger partial charge in [0.1, 0.15) is 23.7 Å². The zero-order valence-corrected chi connectivity index (χ0v) is 24.5. The Hall–Kier alpha value is -3.87. The molecule has 11 nitrogen and oxygen atoms in total. The standard InChI is InChI=1S/C31H29N3O8S/c1-15(2)24(27(36)42-26(35)21-14-39-16(3)41-21)34-28(37)30-23(19-6-4-5-10-32-19)25(30)31(30,34)33-20(13-40-29(33)38)17-7-8-22-18(12-17)9-11-43-22/h4-12,15-16,20-21,23-25H,13-14H2,1-3H3/t16?,20-,21-,23?,24?,25-,30-,31+/m1/s1. The lowest BCUT2D eigenvalue weighted by atomic mass is 9.79. The monoisotopic (exact) mass is 603 g/mol. The molecular formula is C31H29N3O8S.